The maximum atomic E-state index is 12.2. The highest BCUT2D eigenvalue weighted by atomic mass is 16.3. The lowest BCUT2D eigenvalue weighted by molar-refractivity contribution is -0.125. The summed E-state index contributed by atoms with van der Waals surface area (Å²) in [5.74, 6) is 0.236. The third-order valence-electron chi connectivity index (χ3n) is 4.07. The standard InChI is InChI=1S/C17H23NO2/c1-13(14-7-4-3-5-8-14)11-17(20)18(2)12-15-9-6-10-16(15)19/h3-5,7-8,11,15-16,19H,6,9-10,12H2,1-2H3/b13-11-. The van der Waals surface area contributed by atoms with Crippen molar-refractivity contribution in [3.63, 3.8) is 0 Å². The van der Waals surface area contributed by atoms with Crippen molar-refractivity contribution in [1.82, 2.24) is 4.90 Å². The van der Waals surface area contributed by atoms with E-state index in [-0.39, 0.29) is 17.9 Å². The van der Waals surface area contributed by atoms with Crippen LogP contribution in [0.15, 0.2) is 36.4 Å². The van der Waals surface area contributed by atoms with E-state index >= 15 is 0 Å². The molecule has 108 valence electrons. The third kappa shape index (κ3) is 3.70. The van der Waals surface area contributed by atoms with E-state index in [9.17, 15) is 9.90 Å². The van der Waals surface area contributed by atoms with Gasteiger partial charge in [0.1, 0.15) is 0 Å². The Hall–Kier alpha value is -1.61. The van der Waals surface area contributed by atoms with Gasteiger partial charge in [0, 0.05) is 25.6 Å². The zero-order valence-corrected chi connectivity index (χ0v) is 12.2. The van der Waals surface area contributed by atoms with Crippen LogP contribution in [0.4, 0.5) is 0 Å². The van der Waals surface area contributed by atoms with Crippen LogP contribution in [0.3, 0.4) is 0 Å². The smallest absolute Gasteiger partial charge is 0.246 e. The third-order valence-corrected chi connectivity index (χ3v) is 4.07. The lowest BCUT2D eigenvalue weighted by Crippen LogP contribution is -2.33. The largest absolute Gasteiger partial charge is 0.393 e. The Kier molecular flexibility index (Phi) is 4.96. The molecule has 2 rings (SSSR count). The molecule has 0 bridgehead atoms. The number of benzene rings is 1. The average molecular weight is 273 g/mol. The molecule has 1 aliphatic carbocycles. The Morgan fingerprint density at radius 1 is 1.35 bits per heavy atom. The Balaban J connectivity index is 1.96. The minimum absolute atomic E-state index is 0.00505. The number of rotatable bonds is 4. The summed E-state index contributed by atoms with van der Waals surface area (Å²) in [7, 11) is 1.81. The summed E-state index contributed by atoms with van der Waals surface area (Å²) < 4.78 is 0. The summed E-state index contributed by atoms with van der Waals surface area (Å²) in [4.78, 5) is 13.9. The molecular formula is C17H23NO2. The minimum atomic E-state index is -0.246. The van der Waals surface area contributed by atoms with E-state index in [2.05, 4.69) is 0 Å². The summed E-state index contributed by atoms with van der Waals surface area (Å²) in [6.45, 7) is 2.59. The first-order valence-corrected chi connectivity index (χ1v) is 7.25. The van der Waals surface area contributed by atoms with Crippen molar-refractivity contribution in [2.24, 2.45) is 5.92 Å². The molecule has 0 radical (unpaired) electrons. The van der Waals surface area contributed by atoms with Crippen LogP contribution in [-0.2, 0) is 4.79 Å². The summed E-state index contributed by atoms with van der Waals surface area (Å²) in [5, 5.41) is 9.83. The van der Waals surface area contributed by atoms with Crippen molar-refractivity contribution >= 4 is 11.5 Å². The molecule has 3 nitrogen and oxygen atoms in total. The van der Waals surface area contributed by atoms with Gasteiger partial charge in [0.15, 0.2) is 0 Å². The van der Waals surface area contributed by atoms with E-state index in [1.807, 2.05) is 44.3 Å². The predicted octanol–water partition coefficient (Wildman–Crippen LogP) is 2.71. The zero-order chi connectivity index (χ0) is 14.5. The number of hydrogen-bond donors (Lipinski definition) is 1. The van der Waals surface area contributed by atoms with Crippen LogP contribution in [0, 0.1) is 5.92 Å². The van der Waals surface area contributed by atoms with Gasteiger partial charge in [0.05, 0.1) is 6.10 Å². The second-order valence-corrected chi connectivity index (χ2v) is 5.67. The Bertz CT molecular complexity index is 481. The molecule has 1 aromatic rings. The monoisotopic (exact) mass is 273 g/mol. The van der Waals surface area contributed by atoms with Crippen molar-refractivity contribution in [1.29, 1.82) is 0 Å². The fourth-order valence-corrected chi connectivity index (χ4v) is 2.75. The highest BCUT2D eigenvalue weighted by Crippen LogP contribution is 2.26. The van der Waals surface area contributed by atoms with E-state index in [1.54, 1.807) is 11.0 Å². The number of aliphatic hydroxyl groups is 1. The number of hydrogen-bond acceptors (Lipinski definition) is 2. The molecule has 0 spiro atoms. The first kappa shape index (κ1) is 14.8. The van der Waals surface area contributed by atoms with Gasteiger partial charge in [-0.2, -0.15) is 0 Å². The molecule has 1 aromatic carbocycles. The molecule has 20 heavy (non-hydrogen) atoms. The van der Waals surface area contributed by atoms with Crippen molar-refractivity contribution < 1.29 is 9.90 Å². The predicted molar refractivity (Wildman–Crippen MR) is 81.1 cm³/mol. The van der Waals surface area contributed by atoms with Gasteiger partial charge in [-0.25, -0.2) is 0 Å². The molecule has 1 fully saturated rings. The van der Waals surface area contributed by atoms with Crippen molar-refractivity contribution in [2.45, 2.75) is 32.3 Å². The molecule has 1 N–H and O–H groups in total. The van der Waals surface area contributed by atoms with Gasteiger partial charge in [-0.05, 0) is 30.9 Å². The molecule has 1 saturated carbocycles. The number of carbonyl (C=O) groups is 1. The minimum Gasteiger partial charge on any atom is -0.393 e. The summed E-state index contributed by atoms with van der Waals surface area (Å²) >= 11 is 0. The number of allylic oxidation sites excluding steroid dienone is 1. The fraction of sp³-hybridized carbons (Fsp3) is 0.471. The van der Waals surface area contributed by atoms with Crippen LogP contribution in [0.5, 0.6) is 0 Å². The highest BCUT2D eigenvalue weighted by molar-refractivity contribution is 5.94. The summed E-state index contributed by atoms with van der Waals surface area (Å²) in [6.07, 6.45) is 4.37. The molecule has 1 amide bonds. The number of amides is 1. The van der Waals surface area contributed by atoms with Crippen molar-refractivity contribution in [2.75, 3.05) is 13.6 Å². The maximum absolute atomic E-state index is 12.2. The van der Waals surface area contributed by atoms with E-state index in [1.165, 1.54) is 0 Å². The lowest BCUT2D eigenvalue weighted by Gasteiger charge is -2.22. The van der Waals surface area contributed by atoms with Crippen LogP contribution in [-0.4, -0.2) is 35.6 Å². The maximum Gasteiger partial charge on any atom is 0.246 e. The molecule has 0 aliphatic heterocycles. The van der Waals surface area contributed by atoms with Gasteiger partial charge in [0.25, 0.3) is 0 Å². The Morgan fingerprint density at radius 3 is 2.65 bits per heavy atom. The topological polar surface area (TPSA) is 40.5 Å². The van der Waals surface area contributed by atoms with E-state index in [4.69, 9.17) is 0 Å². The van der Waals surface area contributed by atoms with Crippen LogP contribution >= 0.6 is 0 Å². The van der Waals surface area contributed by atoms with Gasteiger partial charge in [-0.15, -0.1) is 0 Å². The van der Waals surface area contributed by atoms with Gasteiger partial charge in [-0.1, -0.05) is 36.8 Å². The SMILES string of the molecule is C/C(=C/C(=O)N(C)CC1CCCC1O)c1ccccc1. The van der Waals surface area contributed by atoms with E-state index in [0.717, 1.165) is 30.4 Å². The van der Waals surface area contributed by atoms with Crippen LogP contribution in [0.2, 0.25) is 0 Å². The summed E-state index contributed by atoms with van der Waals surface area (Å²) in [5.41, 5.74) is 2.03. The average Bonchev–Trinajstić information content (AvgIpc) is 2.85. The number of carbonyl (C=O) groups excluding carboxylic acids is 1. The van der Waals surface area contributed by atoms with Crippen LogP contribution in [0.1, 0.15) is 31.7 Å². The first-order chi connectivity index (χ1) is 9.58. The van der Waals surface area contributed by atoms with Gasteiger partial charge >= 0.3 is 0 Å². The molecule has 0 heterocycles. The Labute approximate surface area is 120 Å². The molecule has 3 heteroatoms. The second-order valence-electron chi connectivity index (χ2n) is 5.67. The second kappa shape index (κ2) is 6.71. The fourth-order valence-electron chi connectivity index (χ4n) is 2.75. The van der Waals surface area contributed by atoms with Gasteiger partial charge in [0.2, 0.25) is 5.91 Å². The zero-order valence-electron chi connectivity index (χ0n) is 12.2. The molecular weight excluding hydrogens is 250 g/mol. The van der Waals surface area contributed by atoms with E-state index < -0.39 is 0 Å². The lowest BCUT2D eigenvalue weighted by atomic mass is 10.0. The van der Waals surface area contributed by atoms with Crippen molar-refractivity contribution in [3.8, 4) is 0 Å². The number of likely N-dealkylation sites (N-methyl/N-ethyl adjacent to an activating group) is 1. The molecule has 1 aliphatic rings. The molecule has 0 saturated heterocycles. The van der Waals surface area contributed by atoms with Gasteiger partial charge in [-0.3, -0.25) is 4.79 Å². The Morgan fingerprint density at radius 2 is 2.05 bits per heavy atom. The van der Waals surface area contributed by atoms with Crippen LogP contribution in [0.25, 0.3) is 5.57 Å². The van der Waals surface area contributed by atoms with Crippen molar-refractivity contribution in [3.05, 3.63) is 42.0 Å². The quantitative estimate of drug-likeness (QED) is 0.857. The molecule has 2 unspecified atom stereocenters. The summed E-state index contributed by atoms with van der Waals surface area (Å²) in [6, 6.07) is 9.90. The number of nitrogens with zero attached hydrogens (tertiary/aromatic N) is 1. The number of aliphatic hydroxyl groups excluding tert-OH is 1. The highest BCUT2D eigenvalue weighted by Gasteiger charge is 2.27. The van der Waals surface area contributed by atoms with E-state index in [0.29, 0.717) is 6.54 Å². The molecule has 2 atom stereocenters. The normalized spacial score (nSPS) is 22.9. The molecule has 0 aromatic heterocycles. The van der Waals surface area contributed by atoms with Crippen LogP contribution < -0.4 is 0 Å². The first-order valence-electron chi connectivity index (χ1n) is 7.25. The van der Waals surface area contributed by atoms with Gasteiger partial charge < -0.3 is 10.0 Å².